The Labute approximate surface area is 172 Å². The van der Waals surface area contributed by atoms with E-state index in [0.717, 1.165) is 6.42 Å². The van der Waals surface area contributed by atoms with Gasteiger partial charge < -0.3 is 9.64 Å². The van der Waals surface area contributed by atoms with Gasteiger partial charge in [0, 0.05) is 31.1 Å². The molecule has 28 heavy (non-hydrogen) atoms. The molecule has 1 aromatic carbocycles. The van der Waals surface area contributed by atoms with Gasteiger partial charge in [0.15, 0.2) is 0 Å². The minimum absolute atomic E-state index is 0.0145. The molecule has 0 aromatic heterocycles. The van der Waals surface area contributed by atoms with Crippen molar-refractivity contribution in [2.75, 3.05) is 38.4 Å². The second-order valence-corrected chi connectivity index (χ2v) is 10.1. The second-order valence-electron chi connectivity index (χ2n) is 6.87. The van der Waals surface area contributed by atoms with Crippen molar-refractivity contribution in [2.45, 2.75) is 35.0 Å². The minimum Gasteiger partial charge on any atom is -0.383 e. The Morgan fingerprint density at radius 1 is 1.36 bits per heavy atom. The van der Waals surface area contributed by atoms with Gasteiger partial charge in [-0.2, -0.15) is 4.31 Å². The normalized spacial score (nSPS) is 21.4. The molecule has 1 aromatic rings. The summed E-state index contributed by atoms with van der Waals surface area (Å²) in [5, 5.41) is 0. The zero-order chi connectivity index (χ0) is 20.5. The predicted molar refractivity (Wildman–Crippen MR) is 105 cm³/mol. The molecule has 0 spiro atoms. The lowest BCUT2D eigenvalue weighted by Gasteiger charge is -2.24. The van der Waals surface area contributed by atoms with Crippen LogP contribution in [0.2, 0.25) is 0 Å². The topological polar surface area (TPSA) is 84.0 Å². The van der Waals surface area contributed by atoms with Crippen LogP contribution in [0.4, 0.5) is 10.1 Å². The molecule has 0 aliphatic carbocycles. The van der Waals surface area contributed by atoms with E-state index in [0.29, 0.717) is 31.7 Å². The average Bonchev–Trinajstić information content (AvgIpc) is 3.24. The van der Waals surface area contributed by atoms with Gasteiger partial charge in [0.1, 0.15) is 6.67 Å². The molecule has 154 valence electrons. The number of benzene rings is 1. The first-order chi connectivity index (χ1) is 13.3. The SMILES string of the molecule is COC[C@@H]1CCCN1S(=O)(=O)c1ccc2c(c1)C(=O)C(=O)N2CCC(Br)CF. The van der Waals surface area contributed by atoms with Crippen LogP contribution >= 0.6 is 15.9 Å². The van der Waals surface area contributed by atoms with E-state index in [-0.39, 0.29) is 23.0 Å². The molecule has 2 atom stereocenters. The summed E-state index contributed by atoms with van der Waals surface area (Å²) in [7, 11) is -2.28. The highest BCUT2D eigenvalue weighted by atomic mass is 79.9. The van der Waals surface area contributed by atoms with Crippen LogP contribution < -0.4 is 4.90 Å². The molecule has 10 heteroatoms. The molecule has 1 saturated heterocycles. The number of methoxy groups -OCH3 is 1. The summed E-state index contributed by atoms with van der Waals surface area (Å²) in [6, 6.07) is 3.92. The lowest BCUT2D eigenvalue weighted by molar-refractivity contribution is -0.114. The molecular formula is C18H22BrFN2O5S. The Kier molecular flexibility index (Phi) is 6.53. The summed E-state index contributed by atoms with van der Waals surface area (Å²) >= 11 is 3.16. The summed E-state index contributed by atoms with van der Waals surface area (Å²) in [6.45, 7) is 0.282. The van der Waals surface area contributed by atoms with Crippen LogP contribution in [-0.4, -0.2) is 68.8 Å². The van der Waals surface area contributed by atoms with Gasteiger partial charge in [0.25, 0.3) is 11.7 Å². The lowest BCUT2D eigenvalue weighted by Crippen LogP contribution is -2.38. The average molecular weight is 477 g/mol. The lowest BCUT2D eigenvalue weighted by atomic mass is 10.1. The molecule has 1 unspecified atom stereocenters. The highest BCUT2D eigenvalue weighted by Gasteiger charge is 2.39. The van der Waals surface area contributed by atoms with E-state index in [2.05, 4.69) is 15.9 Å². The Hall–Kier alpha value is -1.36. The number of amides is 1. The number of anilines is 1. The minimum atomic E-state index is -3.81. The number of ketones is 1. The zero-order valence-electron chi connectivity index (χ0n) is 15.4. The Balaban J connectivity index is 1.89. The van der Waals surface area contributed by atoms with Crippen molar-refractivity contribution in [2.24, 2.45) is 0 Å². The van der Waals surface area contributed by atoms with Gasteiger partial charge in [-0.15, -0.1) is 0 Å². The first-order valence-electron chi connectivity index (χ1n) is 9.02. The predicted octanol–water partition coefficient (Wildman–Crippen LogP) is 2.14. The van der Waals surface area contributed by atoms with Gasteiger partial charge >= 0.3 is 0 Å². The van der Waals surface area contributed by atoms with Gasteiger partial charge in [0.05, 0.1) is 22.8 Å². The van der Waals surface area contributed by atoms with Crippen molar-refractivity contribution in [3.8, 4) is 0 Å². The van der Waals surface area contributed by atoms with Crippen LogP contribution in [0.25, 0.3) is 0 Å². The van der Waals surface area contributed by atoms with Crippen LogP contribution in [-0.2, 0) is 19.6 Å². The van der Waals surface area contributed by atoms with Crippen LogP contribution in [0.5, 0.6) is 0 Å². The van der Waals surface area contributed by atoms with Crippen molar-refractivity contribution < 1.29 is 27.1 Å². The van der Waals surface area contributed by atoms with Crippen LogP contribution in [0.1, 0.15) is 29.6 Å². The molecule has 0 bridgehead atoms. The van der Waals surface area contributed by atoms with Crippen molar-refractivity contribution in [1.82, 2.24) is 4.31 Å². The number of carbonyl (C=O) groups is 2. The number of rotatable bonds is 8. The first-order valence-corrected chi connectivity index (χ1v) is 11.4. The fourth-order valence-corrected chi connectivity index (χ4v) is 5.54. The molecule has 2 aliphatic rings. The summed E-state index contributed by atoms with van der Waals surface area (Å²) < 4.78 is 45.3. The molecule has 3 rings (SSSR count). The van der Waals surface area contributed by atoms with Crippen LogP contribution in [0.3, 0.4) is 0 Å². The van der Waals surface area contributed by atoms with Crippen LogP contribution in [0, 0.1) is 0 Å². The fourth-order valence-electron chi connectivity index (χ4n) is 3.63. The Bertz CT molecular complexity index is 879. The standard InChI is InChI=1S/C18H22BrFN2O5S/c1-27-11-13-3-2-7-22(13)28(25,26)14-4-5-16-15(9-14)17(23)18(24)21(16)8-6-12(19)10-20/h4-5,9,12-13H,2-3,6-8,10-11H2,1H3/t12?,13-/m0/s1. The van der Waals surface area contributed by atoms with E-state index < -0.39 is 33.2 Å². The van der Waals surface area contributed by atoms with Crippen molar-refractivity contribution in [3.05, 3.63) is 23.8 Å². The molecule has 0 N–H and O–H groups in total. The molecule has 0 radical (unpaired) electrons. The molecule has 7 nitrogen and oxygen atoms in total. The molecular weight excluding hydrogens is 455 g/mol. The summed E-state index contributed by atoms with van der Waals surface area (Å²) in [5.41, 5.74) is 0.433. The maximum absolute atomic E-state index is 13.1. The van der Waals surface area contributed by atoms with Gasteiger partial charge in [-0.3, -0.25) is 9.59 Å². The van der Waals surface area contributed by atoms with E-state index >= 15 is 0 Å². The molecule has 2 aliphatic heterocycles. The monoisotopic (exact) mass is 476 g/mol. The van der Waals surface area contributed by atoms with E-state index in [4.69, 9.17) is 4.74 Å². The largest absolute Gasteiger partial charge is 0.383 e. The molecule has 1 fully saturated rings. The number of sulfonamides is 1. The highest BCUT2D eigenvalue weighted by Crippen LogP contribution is 2.34. The Morgan fingerprint density at radius 3 is 2.79 bits per heavy atom. The number of hydrogen-bond acceptors (Lipinski definition) is 5. The zero-order valence-corrected chi connectivity index (χ0v) is 17.8. The maximum Gasteiger partial charge on any atom is 0.299 e. The van der Waals surface area contributed by atoms with E-state index in [1.807, 2.05) is 0 Å². The number of ether oxygens (including phenoxy) is 1. The third kappa shape index (κ3) is 3.87. The number of hydrogen-bond donors (Lipinski definition) is 0. The summed E-state index contributed by atoms with van der Waals surface area (Å²) in [4.78, 5) is 25.5. The van der Waals surface area contributed by atoms with Crippen molar-refractivity contribution >= 4 is 43.3 Å². The highest BCUT2D eigenvalue weighted by molar-refractivity contribution is 9.09. The smallest absolute Gasteiger partial charge is 0.299 e. The number of alkyl halides is 2. The van der Waals surface area contributed by atoms with Crippen molar-refractivity contribution in [1.29, 1.82) is 0 Å². The quantitative estimate of drug-likeness (QED) is 0.423. The van der Waals surface area contributed by atoms with E-state index in [1.165, 1.54) is 34.5 Å². The van der Waals surface area contributed by atoms with E-state index in [1.54, 1.807) is 0 Å². The fraction of sp³-hybridized carbons (Fsp3) is 0.556. The number of nitrogens with zero attached hydrogens (tertiary/aromatic N) is 2. The summed E-state index contributed by atoms with van der Waals surface area (Å²) in [6.07, 6.45) is 1.79. The van der Waals surface area contributed by atoms with E-state index in [9.17, 15) is 22.4 Å². The summed E-state index contributed by atoms with van der Waals surface area (Å²) in [5.74, 6) is -1.46. The number of fused-ring (bicyclic) bond motifs is 1. The first kappa shape index (κ1) is 21.4. The number of Topliss-reactive ketones (excluding diaryl/α,β-unsaturated/α-hetero) is 1. The van der Waals surface area contributed by atoms with Gasteiger partial charge in [-0.25, -0.2) is 12.8 Å². The number of carbonyl (C=O) groups excluding carboxylic acids is 2. The third-order valence-electron chi connectivity index (χ3n) is 5.06. The molecule has 0 saturated carbocycles. The van der Waals surface area contributed by atoms with Gasteiger partial charge in [-0.05, 0) is 37.5 Å². The maximum atomic E-state index is 13.1. The van der Waals surface area contributed by atoms with Gasteiger partial charge in [-0.1, -0.05) is 15.9 Å². The third-order valence-corrected chi connectivity index (χ3v) is 7.72. The Morgan fingerprint density at radius 2 is 2.11 bits per heavy atom. The van der Waals surface area contributed by atoms with Crippen molar-refractivity contribution in [3.63, 3.8) is 0 Å². The van der Waals surface area contributed by atoms with Gasteiger partial charge in [0.2, 0.25) is 10.0 Å². The second kappa shape index (κ2) is 8.56. The number of halogens is 2. The van der Waals surface area contributed by atoms with Crippen LogP contribution in [0.15, 0.2) is 23.1 Å². The molecule has 1 amide bonds. The molecule has 2 heterocycles.